The lowest BCUT2D eigenvalue weighted by atomic mass is 10.1. The van der Waals surface area contributed by atoms with Crippen molar-refractivity contribution in [1.82, 2.24) is 0 Å². The highest BCUT2D eigenvalue weighted by atomic mass is 35.5. The Morgan fingerprint density at radius 3 is 2.44 bits per heavy atom. The second kappa shape index (κ2) is 5.01. The lowest BCUT2D eigenvalue weighted by Crippen LogP contribution is -2.37. The first-order valence-corrected chi connectivity index (χ1v) is 4.94. The molecule has 0 saturated carbocycles. The van der Waals surface area contributed by atoms with E-state index >= 15 is 0 Å². The largest absolute Gasteiger partial charge is 0.403 e. The SMILES string of the molecule is NC(CCc1ccc(Cl)cc1F)C(F)(F)F. The van der Waals surface area contributed by atoms with Crippen molar-refractivity contribution in [2.24, 2.45) is 5.73 Å². The van der Waals surface area contributed by atoms with Crippen LogP contribution in [0.5, 0.6) is 0 Å². The molecule has 0 aromatic heterocycles. The van der Waals surface area contributed by atoms with Gasteiger partial charge < -0.3 is 5.73 Å². The topological polar surface area (TPSA) is 26.0 Å². The van der Waals surface area contributed by atoms with E-state index in [1.165, 1.54) is 12.1 Å². The van der Waals surface area contributed by atoms with Crippen molar-refractivity contribution < 1.29 is 17.6 Å². The van der Waals surface area contributed by atoms with Crippen LogP contribution in [0.15, 0.2) is 18.2 Å². The zero-order valence-electron chi connectivity index (χ0n) is 8.19. The predicted octanol–water partition coefficient (Wildman–Crippen LogP) is 3.30. The van der Waals surface area contributed by atoms with Crippen LogP contribution in [0.1, 0.15) is 12.0 Å². The van der Waals surface area contributed by atoms with E-state index in [4.69, 9.17) is 17.3 Å². The maximum absolute atomic E-state index is 13.2. The molecule has 1 rings (SSSR count). The average Bonchev–Trinajstić information content (AvgIpc) is 2.14. The first-order valence-electron chi connectivity index (χ1n) is 4.57. The van der Waals surface area contributed by atoms with Crippen molar-refractivity contribution in [2.45, 2.75) is 25.1 Å². The Hall–Kier alpha value is -0.810. The van der Waals surface area contributed by atoms with Crippen LogP contribution >= 0.6 is 11.6 Å². The highest BCUT2D eigenvalue weighted by Crippen LogP contribution is 2.23. The summed E-state index contributed by atoms with van der Waals surface area (Å²) in [6.07, 6.45) is -4.85. The zero-order chi connectivity index (χ0) is 12.3. The van der Waals surface area contributed by atoms with E-state index < -0.39 is 18.0 Å². The Bertz CT molecular complexity index is 364. The molecule has 90 valence electrons. The minimum atomic E-state index is -4.44. The van der Waals surface area contributed by atoms with E-state index in [2.05, 4.69) is 0 Å². The minimum absolute atomic E-state index is 0.0658. The van der Waals surface area contributed by atoms with Gasteiger partial charge in [0.15, 0.2) is 0 Å². The molecule has 1 nitrogen and oxygen atoms in total. The first kappa shape index (κ1) is 13.3. The van der Waals surface area contributed by atoms with Crippen molar-refractivity contribution in [1.29, 1.82) is 0 Å². The number of rotatable bonds is 3. The molecule has 1 aromatic carbocycles. The molecule has 0 radical (unpaired) electrons. The second-order valence-corrected chi connectivity index (χ2v) is 3.86. The van der Waals surface area contributed by atoms with Gasteiger partial charge in [0.2, 0.25) is 0 Å². The van der Waals surface area contributed by atoms with Crippen LogP contribution < -0.4 is 5.73 Å². The van der Waals surface area contributed by atoms with Crippen molar-refractivity contribution in [2.75, 3.05) is 0 Å². The minimum Gasteiger partial charge on any atom is -0.320 e. The highest BCUT2D eigenvalue weighted by Gasteiger charge is 2.36. The molecule has 0 bridgehead atoms. The maximum Gasteiger partial charge on any atom is 0.403 e. The summed E-state index contributed by atoms with van der Waals surface area (Å²) in [6, 6.07) is 1.93. The lowest BCUT2D eigenvalue weighted by Gasteiger charge is -2.15. The molecule has 1 unspecified atom stereocenters. The molecular formula is C10H10ClF4N. The van der Waals surface area contributed by atoms with Gasteiger partial charge in [-0.1, -0.05) is 17.7 Å². The molecule has 2 N–H and O–H groups in total. The van der Waals surface area contributed by atoms with Crippen LogP contribution in [0.25, 0.3) is 0 Å². The molecule has 0 aliphatic rings. The van der Waals surface area contributed by atoms with E-state index in [1.54, 1.807) is 0 Å². The summed E-state index contributed by atoms with van der Waals surface area (Å²) in [6.45, 7) is 0. The Morgan fingerprint density at radius 2 is 1.94 bits per heavy atom. The van der Waals surface area contributed by atoms with Crippen molar-refractivity contribution in [3.63, 3.8) is 0 Å². The third-order valence-electron chi connectivity index (χ3n) is 2.16. The van der Waals surface area contributed by atoms with Crippen LogP contribution in [-0.2, 0) is 6.42 Å². The Labute approximate surface area is 95.2 Å². The fourth-order valence-electron chi connectivity index (χ4n) is 1.20. The third-order valence-corrected chi connectivity index (χ3v) is 2.40. The Morgan fingerprint density at radius 1 is 1.31 bits per heavy atom. The maximum atomic E-state index is 13.2. The van der Waals surface area contributed by atoms with Gasteiger partial charge in [-0.3, -0.25) is 0 Å². The highest BCUT2D eigenvalue weighted by molar-refractivity contribution is 6.30. The molecule has 6 heteroatoms. The van der Waals surface area contributed by atoms with Crippen LogP contribution in [0.4, 0.5) is 17.6 Å². The first-order chi connectivity index (χ1) is 7.30. The fraction of sp³-hybridized carbons (Fsp3) is 0.400. The van der Waals surface area contributed by atoms with E-state index in [1.807, 2.05) is 0 Å². The number of aryl methyl sites for hydroxylation is 1. The summed E-state index contributed by atoms with van der Waals surface area (Å²) in [5.41, 5.74) is 5.09. The van der Waals surface area contributed by atoms with Gasteiger partial charge >= 0.3 is 6.18 Å². The molecule has 1 atom stereocenters. The monoisotopic (exact) mass is 255 g/mol. The number of benzene rings is 1. The van der Waals surface area contributed by atoms with Crippen LogP contribution in [0.3, 0.4) is 0 Å². The molecule has 0 aliphatic heterocycles. The zero-order valence-corrected chi connectivity index (χ0v) is 8.95. The molecule has 16 heavy (non-hydrogen) atoms. The van der Waals surface area contributed by atoms with Crippen molar-refractivity contribution in [3.8, 4) is 0 Å². The van der Waals surface area contributed by atoms with Crippen LogP contribution in [0, 0.1) is 5.82 Å². The third kappa shape index (κ3) is 3.64. The number of nitrogens with two attached hydrogens (primary N) is 1. The van der Waals surface area contributed by atoms with Gasteiger partial charge in [0.1, 0.15) is 11.9 Å². The molecule has 0 amide bonds. The Balaban J connectivity index is 2.62. The number of hydrogen-bond acceptors (Lipinski definition) is 1. The molecule has 0 heterocycles. The molecule has 0 aliphatic carbocycles. The molecule has 0 spiro atoms. The van der Waals surface area contributed by atoms with E-state index in [0.717, 1.165) is 6.07 Å². The second-order valence-electron chi connectivity index (χ2n) is 3.42. The summed E-state index contributed by atoms with van der Waals surface area (Å²) >= 11 is 5.51. The molecule has 0 saturated heterocycles. The average molecular weight is 256 g/mol. The van der Waals surface area contributed by atoms with Gasteiger partial charge in [-0.05, 0) is 30.5 Å². The van der Waals surface area contributed by atoms with Crippen molar-refractivity contribution >= 4 is 11.6 Å². The van der Waals surface area contributed by atoms with Crippen LogP contribution in [0.2, 0.25) is 5.02 Å². The number of hydrogen-bond donors (Lipinski definition) is 1. The molecule has 1 aromatic rings. The quantitative estimate of drug-likeness (QED) is 0.824. The van der Waals surface area contributed by atoms with E-state index in [-0.39, 0.29) is 23.4 Å². The van der Waals surface area contributed by atoms with Crippen molar-refractivity contribution in [3.05, 3.63) is 34.6 Å². The fourth-order valence-corrected chi connectivity index (χ4v) is 1.36. The predicted molar refractivity (Wildman–Crippen MR) is 53.8 cm³/mol. The van der Waals surface area contributed by atoms with Gasteiger partial charge in [-0.15, -0.1) is 0 Å². The summed E-state index contributed by atoms with van der Waals surface area (Å²) < 4.78 is 49.4. The smallest absolute Gasteiger partial charge is 0.320 e. The van der Waals surface area contributed by atoms with Gasteiger partial charge in [0.25, 0.3) is 0 Å². The number of alkyl halides is 3. The van der Waals surface area contributed by atoms with Crippen LogP contribution in [-0.4, -0.2) is 12.2 Å². The summed E-state index contributed by atoms with van der Waals surface area (Å²) in [7, 11) is 0. The van der Waals surface area contributed by atoms with E-state index in [0.29, 0.717) is 0 Å². The van der Waals surface area contributed by atoms with Gasteiger partial charge in [0, 0.05) is 5.02 Å². The molecular weight excluding hydrogens is 246 g/mol. The van der Waals surface area contributed by atoms with E-state index in [9.17, 15) is 17.6 Å². The lowest BCUT2D eigenvalue weighted by molar-refractivity contribution is -0.148. The Kier molecular flexibility index (Phi) is 4.15. The molecule has 0 fully saturated rings. The standard InChI is InChI=1S/C10H10ClF4N/c11-7-3-1-6(8(12)5-7)2-4-9(16)10(13,14)15/h1,3,5,9H,2,4,16H2. The van der Waals surface area contributed by atoms with Gasteiger partial charge in [-0.25, -0.2) is 4.39 Å². The van der Waals surface area contributed by atoms with Gasteiger partial charge in [0.05, 0.1) is 0 Å². The summed E-state index contributed by atoms with van der Waals surface area (Å²) in [5.74, 6) is -0.609. The summed E-state index contributed by atoms with van der Waals surface area (Å²) in [5, 5.41) is 0.210. The number of halogens is 5. The van der Waals surface area contributed by atoms with Gasteiger partial charge in [-0.2, -0.15) is 13.2 Å². The summed E-state index contributed by atoms with van der Waals surface area (Å²) in [4.78, 5) is 0. The normalized spacial score (nSPS) is 13.9.